The third-order valence-corrected chi connectivity index (χ3v) is 8.52. The van der Waals surface area contributed by atoms with Crippen molar-refractivity contribution in [2.24, 2.45) is 0 Å². The van der Waals surface area contributed by atoms with Crippen LogP contribution in [0.5, 0.6) is 0 Å². The first-order chi connectivity index (χ1) is 18.9. The van der Waals surface area contributed by atoms with Gasteiger partial charge in [-0.2, -0.15) is 0 Å². The van der Waals surface area contributed by atoms with Gasteiger partial charge in [0, 0.05) is 62.8 Å². The molecule has 1 unspecified atom stereocenters. The van der Waals surface area contributed by atoms with Crippen molar-refractivity contribution >= 4 is 34.9 Å². The first kappa shape index (κ1) is 26.2. The Morgan fingerprint density at radius 3 is 2.41 bits per heavy atom. The lowest BCUT2D eigenvalue weighted by atomic mass is 9.95. The molecule has 0 aromatic heterocycles. The molecule has 8 nitrogen and oxygen atoms in total. The Kier molecular flexibility index (Phi) is 7.53. The zero-order valence-corrected chi connectivity index (χ0v) is 22.7. The number of nitrogens with zero attached hydrogens (tertiary/aromatic N) is 3. The molecule has 39 heavy (non-hydrogen) atoms. The minimum absolute atomic E-state index is 0.126. The van der Waals surface area contributed by atoms with Crippen molar-refractivity contribution in [1.82, 2.24) is 20.0 Å². The molecule has 2 aromatic rings. The van der Waals surface area contributed by atoms with Gasteiger partial charge in [-0.1, -0.05) is 35.9 Å². The van der Waals surface area contributed by atoms with E-state index in [4.69, 9.17) is 16.3 Å². The van der Waals surface area contributed by atoms with Gasteiger partial charge in [0.2, 0.25) is 11.8 Å². The number of halogens is 1. The summed E-state index contributed by atoms with van der Waals surface area (Å²) in [4.78, 5) is 43.4. The fourth-order valence-electron chi connectivity index (χ4n) is 6.13. The summed E-state index contributed by atoms with van der Waals surface area (Å²) in [6.07, 6.45) is 1.57. The monoisotopic (exact) mass is 548 g/mol. The minimum Gasteiger partial charge on any atom is -0.377 e. The van der Waals surface area contributed by atoms with Crippen LogP contribution in [-0.4, -0.2) is 84.4 Å². The fraction of sp³-hybridized carbons (Fsp3) is 0.433. The number of rotatable bonds is 6. The van der Waals surface area contributed by atoms with Crippen molar-refractivity contribution in [1.29, 1.82) is 0 Å². The van der Waals surface area contributed by atoms with Crippen LogP contribution in [0.25, 0.3) is 5.57 Å². The van der Waals surface area contributed by atoms with Crippen molar-refractivity contribution < 1.29 is 19.1 Å². The van der Waals surface area contributed by atoms with Crippen LogP contribution in [-0.2, 0) is 27.4 Å². The molecule has 0 aliphatic carbocycles. The summed E-state index contributed by atoms with van der Waals surface area (Å²) in [6.45, 7) is 7.53. The van der Waals surface area contributed by atoms with Gasteiger partial charge >= 0.3 is 0 Å². The van der Waals surface area contributed by atoms with Crippen LogP contribution in [0.4, 0.5) is 0 Å². The van der Waals surface area contributed by atoms with E-state index in [-0.39, 0.29) is 24.1 Å². The standard InChI is InChI=1S/C30H33ClN4O4/c31-24-4-2-21(3-5-24)25-9-14-39-19-23(25)17-34-12-10-33(11-13-34)16-20-1-6-26-22(15-20)18-35(30(26)38)27-7-8-28(36)32-29(27)37/h1-6,15,27H,7-14,16-19H2,(H,32,36,37). The highest BCUT2D eigenvalue weighted by Gasteiger charge is 2.39. The summed E-state index contributed by atoms with van der Waals surface area (Å²) in [6, 6.07) is 13.6. The van der Waals surface area contributed by atoms with Gasteiger partial charge in [-0.15, -0.1) is 0 Å². The van der Waals surface area contributed by atoms with Crippen LogP contribution in [0.15, 0.2) is 48.0 Å². The predicted octanol–water partition coefficient (Wildman–Crippen LogP) is 3.09. The van der Waals surface area contributed by atoms with Gasteiger partial charge < -0.3 is 9.64 Å². The van der Waals surface area contributed by atoms with E-state index in [0.29, 0.717) is 25.1 Å². The Morgan fingerprint density at radius 1 is 0.923 bits per heavy atom. The SMILES string of the molecule is O=C1CCC(N2Cc3cc(CN4CCN(CC5=C(c6ccc(Cl)cc6)CCOC5)CC4)ccc3C2=O)C(=O)N1. The quantitative estimate of drug-likeness (QED) is 0.559. The molecule has 6 rings (SSSR count). The van der Waals surface area contributed by atoms with Crippen LogP contribution in [0.2, 0.25) is 5.02 Å². The molecule has 3 amide bonds. The van der Waals surface area contributed by atoms with Gasteiger partial charge in [-0.05, 0) is 58.9 Å². The third-order valence-electron chi connectivity index (χ3n) is 8.27. The average Bonchev–Trinajstić information content (AvgIpc) is 3.26. The molecule has 4 heterocycles. The molecule has 1 N–H and O–H groups in total. The smallest absolute Gasteiger partial charge is 0.255 e. The number of hydrogen-bond donors (Lipinski definition) is 1. The first-order valence-corrected chi connectivity index (χ1v) is 14.1. The van der Waals surface area contributed by atoms with Crippen LogP contribution < -0.4 is 5.32 Å². The van der Waals surface area contributed by atoms with E-state index in [1.807, 2.05) is 24.3 Å². The molecule has 0 saturated carbocycles. The number of carbonyl (C=O) groups is 3. The molecule has 2 fully saturated rings. The second-order valence-electron chi connectivity index (χ2n) is 10.8. The second kappa shape index (κ2) is 11.2. The largest absolute Gasteiger partial charge is 0.377 e. The molecule has 0 spiro atoms. The number of ether oxygens (including phenoxy) is 1. The van der Waals surface area contributed by atoms with E-state index < -0.39 is 6.04 Å². The Balaban J connectivity index is 1.05. The van der Waals surface area contributed by atoms with Crippen LogP contribution in [0.1, 0.15) is 46.3 Å². The van der Waals surface area contributed by atoms with Crippen molar-refractivity contribution in [3.8, 4) is 0 Å². The highest BCUT2D eigenvalue weighted by Crippen LogP contribution is 2.30. The summed E-state index contributed by atoms with van der Waals surface area (Å²) in [5, 5.41) is 3.12. The Labute approximate surface area is 233 Å². The number of fused-ring (bicyclic) bond motifs is 1. The summed E-state index contributed by atoms with van der Waals surface area (Å²) in [5.74, 6) is -0.770. The molecule has 0 bridgehead atoms. The summed E-state index contributed by atoms with van der Waals surface area (Å²) < 4.78 is 5.81. The van der Waals surface area contributed by atoms with E-state index in [2.05, 4.69) is 33.3 Å². The minimum atomic E-state index is -0.580. The Hall–Kier alpha value is -3.04. The number of hydrogen-bond acceptors (Lipinski definition) is 6. The number of benzene rings is 2. The van der Waals surface area contributed by atoms with E-state index in [9.17, 15) is 14.4 Å². The molecular weight excluding hydrogens is 516 g/mol. The van der Waals surface area contributed by atoms with Crippen molar-refractivity contribution in [3.63, 3.8) is 0 Å². The van der Waals surface area contributed by atoms with Gasteiger partial charge in [-0.25, -0.2) is 0 Å². The van der Waals surface area contributed by atoms with Gasteiger partial charge in [0.25, 0.3) is 5.91 Å². The van der Waals surface area contributed by atoms with Gasteiger partial charge in [-0.3, -0.25) is 29.5 Å². The molecule has 1 atom stereocenters. The topological polar surface area (TPSA) is 82.2 Å². The summed E-state index contributed by atoms with van der Waals surface area (Å²) >= 11 is 6.10. The lowest BCUT2D eigenvalue weighted by Gasteiger charge is -2.36. The highest BCUT2D eigenvalue weighted by molar-refractivity contribution is 6.30. The molecular formula is C30H33ClN4O4. The third kappa shape index (κ3) is 5.65. The number of imide groups is 1. The van der Waals surface area contributed by atoms with Crippen molar-refractivity contribution in [2.75, 3.05) is 45.9 Å². The Bertz CT molecular complexity index is 1320. The highest BCUT2D eigenvalue weighted by atomic mass is 35.5. The molecule has 0 radical (unpaired) electrons. The first-order valence-electron chi connectivity index (χ1n) is 13.7. The number of piperazine rings is 1. The fourth-order valence-corrected chi connectivity index (χ4v) is 6.26. The zero-order chi connectivity index (χ0) is 26.9. The number of amides is 3. The van der Waals surface area contributed by atoms with Crippen molar-refractivity contribution in [2.45, 2.75) is 38.4 Å². The summed E-state index contributed by atoms with van der Waals surface area (Å²) in [7, 11) is 0. The lowest BCUT2D eigenvalue weighted by Crippen LogP contribution is -2.52. The molecule has 204 valence electrons. The normalized spacial score (nSPS) is 22.8. The van der Waals surface area contributed by atoms with E-state index in [1.165, 1.54) is 22.3 Å². The van der Waals surface area contributed by atoms with E-state index >= 15 is 0 Å². The van der Waals surface area contributed by atoms with Crippen molar-refractivity contribution in [3.05, 3.63) is 75.3 Å². The maximum absolute atomic E-state index is 13.0. The van der Waals surface area contributed by atoms with Gasteiger partial charge in [0.15, 0.2) is 0 Å². The molecule has 4 aliphatic rings. The lowest BCUT2D eigenvalue weighted by molar-refractivity contribution is -0.136. The molecule has 2 aromatic carbocycles. The van der Waals surface area contributed by atoms with Gasteiger partial charge in [0.05, 0.1) is 13.2 Å². The second-order valence-corrected chi connectivity index (χ2v) is 11.3. The summed E-state index contributed by atoms with van der Waals surface area (Å²) in [5.41, 5.74) is 6.78. The molecule has 4 aliphatic heterocycles. The van der Waals surface area contributed by atoms with Crippen LogP contribution in [0, 0.1) is 0 Å². The molecule has 2 saturated heterocycles. The predicted molar refractivity (Wildman–Crippen MR) is 148 cm³/mol. The van der Waals surface area contributed by atoms with Crippen LogP contribution >= 0.6 is 11.6 Å². The van der Waals surface area contributed by atoms with Gasteiger partial charge in [0.1, 0.15) is 6.04 Å². The van der Waals surface area contributed by atoms with E-state index in [1.54, 1.807) is 4.90 Å². The number of nitrogens with one attached hydrogen (secondary N) is 1. The number of piperidine rings is 1. The zero-order valence-electron chi connectivity index (χ0n) is 22.0. The maximum Gasteiger partial charge on any atom is 0.255 e. The van der Waals surface area contributed by atoms with E-state index in [0.717, 1.165) is 62.9 Å². The average molecular weight is 549 g/mol. The Morgan fingerprint density at radius 2 is 1.67 bits per heavy atom. The molecule has 9 heteroatoms. The van der Waals surface area contributed by atoms with Crippen LogP contribution in [0.3, 0.4) is 0 Å². The number of carbonyl (C=O) groups excluding carboxylic acids is 3. The maximum atomic E-state index is 13.0.